The van der Waals surface area contributed by atoms with Crippen LogP contribution in [0.5, 0.6) is 0 Å². The monoisotopic (exact) mass is 382 g/mol. The molecule has 0 aliphatic carbocycles. The van der Waals surface area contributed by atoms with Gasteiger partial charge in [-0.2, -0.15) is 0 Å². The van der Waals surface area contributed by atoms with Crippen LogP contribution in [0.25, 0.3) is 0 Å². The van der Waals surface area contributed by atoms with Crippen LogP contribution in [0.2, 0.25) is 0 Å². The third kappa shape index (κ3) is 5.54. The minimum absolute atomic E-state index is 0.0552. The quantitative estimate of drug-likeness (QED) is 0.657. The Hall–Kier alpha value is -2.46. The molecule has 8 nitrogen and oxygen atoms in total. The van der Waals surface area contributed by atoms with E-state index in [-0.39, 0.29) is 21.7 Å². The second-order valence-electron chi connectivity index (χ2n) is 5.20. The molecule has 0 aliphatic heterocycles. The van der Waals surface area contributed by atoms with Gasteiger partial charge in [-0.15, -0.1) is 0 Å². The number of aryl methyl sites for hydroxylation is 1. The van der Waals surface area contributed by atoms with Gasteiger partial charge >= 0.3 is 0 Å². The lowest BCUT2D eigenvalue weighted by atomic mass is 10.3. The van der Waals surface area contributed by atoms with Crippen molar-refractivity contribution in [2.24, 2.45) is 0 Å². The van der Waals surface area contributed by atoms with Gasteiger partial charge in [-0.25, -0.2) is 8.42 Å². The number of carbonyl (C=O) groups is 1. The molecule has 0 bridgehead atoms. The summed E-state index contributed by atoms with van der Waals surface area (Å²) < 4.78 is 31.7. The molecule has 1 heterocycles. The smallest absolute Gasteiger partial charge is 0.263 e. The Morgan fingerprint density at radius 3 is 2.52 bits per heavy atom. The van der Waals surface area contributed by atoms with Gasteiger partial charge < -0.3 is 15.2 Å². The first-order valence-electron chi connectivity index (χ1n) is 7.47. The molecule has 1 aromatic heterocycles. The Kier molecular flexibility index (Phi) is 6.10. The number of nitrogens with zero attached hydrogens (tertiary/aromatic N) is 1. The molecule has 0 radical (unpaired) electrons. The Balaban J connectivity index is 2.01. The number of hydrogen-bond acceptors (Lipinski definition) is 6. The van der Waals surface area contributed by atoms with Gasteiger partial charge in [0, 0.05) is 18.2 Å². The van der Waals surface area contributed by atoms with E-state index < -0.39 is 10.0 Å². The van der Waals surface area contributed by atoms with Crippen molar-refractivity contribution >= 4 is 44.8 Å². The minimum atomic E-state index is -3.77. The van der Waals surface area contributed by atoms with Crippen LogP contribution < -0.4 is 15.4 Å². The Bertz CT molecular complexity index is 860. The Morgan fingerprint density at radius 1 is 1.28 bits per heavy atom. The summed E-state index contributed by atoms with van der Waals surface area (Å²) in [6.45, 7) is 3.55. The molecule has 0 saturated carbocycles. The Morgan fingerprint density at radius 2 is 1.96 bits per heavy atom. The predicted octanol–water partition coefficient (Wildman–Crippen LogP) is 2.40. The van der Waals surface area contributed by atoms with Gasteiger partial charge in [-0.3, -0.25) is 9.52 Å². The van der Waals surface area contributed by atoms with E-state index in [1.807, 2.05) is 6.92 Å². The highest BCUT2D eigenvalue weighted by molar-refractivity contribution is 7.92. The van der Waals surface area contributed by atoms with Crippen LogP contribution in [0.15, 0.2) is 39.8 Å². The van der Waals surface area contributed by atoms with E-state index in [1.165, 1.54) is 18.2 Å². The van der Waals surface area contributed by atoms with Crippen molar-refractivity contribution in [2.75, 3.05) is 10.0 Å². The first-order valence-corrected chi connectivity index (χ1v) is 9.36. The normalized spacial score (nSPS) is 11.0. The van der Waals surface area contributed by atoms with E-state index in [1.54, 1.807) is 19.1 Å². The van der Waals surface area contributed by atoms with Crippen molar-refractivity contribution in [1.29, 1.82) is 0 Å². The number of sulfonamides is 1. The molecule has 3 N–H and O–H groups in total. The van der Waals surface area contributed by atoms with Crippen LogP contribution in [-0.2, 0) is 14.8 Å². The van der Waals surface area contributed by atoms with Crippen molar-refractivity contribution in [3.63, 3.8) is 0 Å². The molecular formula is C15H18N4O4S2. The number of aromatic nitrogens is 1. The summed E-state index contributed by atoms with van der Waals surface area (Å²) in [5.74, 6) is 0.432. The summed E-state index contributed by atoms with van der Waals surface area (Å²) in [5.41, 5.74) is 0.554. The number of thiocarbonyl (C=S) groups is 1. The van der Waals surface area contributed by atoms with E-state index in [2.05, 4.69) is 20.5 Å². The lowest BCUT2D eigenvalue weighted by Crippen LogP contribution is -2.33. The van der Waals surface area contributed by atoms with Gasteiger partial charge in [-0.1, -0.05) is 12.1 Å². The van der Waals surface area contributed by atoms with Crippen LogP contribution in [0.3, 0.4) is 0 Å². The van der Waals surface area contributed by atoms with E-state index in [0.717, 1.165) is 6.42 Å². The highest BCUT2D eigenvalue weighted by atomic mass is 32.2. The fourth-order valence-electron chi connectivity index (χ4n) is 1.91. The molecule has 0 atom stereocenters. The SMILES string of the molecule is CCCC(=O)NC(=S)Nc1ccc(S(=O)(=O)Nc2cc(C)on2)cc1. The van der Waals surface area contributed by atoms with Crippen molar-refractivity contribution in [3.8, 4) is 0 Å². The number of anilines is 2. The lowest BCUT2D eigenvalue weighted by molar-refractivity contribution is -0.119. The highest BCUT2D eigenvalue weighted by Gasteiger charge is 2.16. The van der Waals surface area contributed by atoms with Crippen molar-refractivity contribution in [1.82, 2.24) is 10.5 Å². The molecule has 1 amide bonds. The molecule has 0 spiro atoms. The van der Waals surface area contributed by atoms with Crippen molar-refractivity contribution in [2.45, 2.75) is 31.6 Å². The van der Waals surface area contributed by atoms with Crippen molar-refractivity contribution < 1.29 is 17.7 Å². The molecule has 134 valence electrons. The van der Waals surface area contributed by atoms with Crippen LogP contribution in [-0.4, -0.2) is 24.6 Å². The molecule has 1 aromatic carbocycles. The topological polar surface area (TPSA) is 113 Å². The molecular weight excluding hydrogens is 364 g/mol. The second-order valence-corrected chi connectivity index (χ2v) is 7.30. The first kappa shape index (κ1) is 18.9. The number of hydrogen-bond donors (Lipinski definition) is 3. The lowest BCUT2D eigenvalue weighted by Gasteiger charge is -2.10. The van der Waals surface area contributed by atoms with Gasteiger partial charge in [-0.05, 0) is 49.8 Å². The summed E-state index contributed by atoms with van der Waals surface area (Å²) in [4.78, 5) is 11.5. The van der Waals surface area contributed by atoms with E-state index in [4.69, 9.17) is 16.7 Å². The fraction of sp³-hybridized carbons (Fsp3) is 0.267. The zero-order valence-corrected chi connectivity index (χ0v) is 15.3. The zero-order valence-electron chi connectivity index (χ0n) is 13.7. The van der Waals surface area contributed by atoms with E-state index in [9.17, 15) is 13.2 Å². The summed E-state index contributed by atoms with van der Waals surface area (Å²) in [5, 5.41) is 9.11. The molecule has 25 heavy (non-hydrogen) atoms. The van der Waals surface area contributed by atoms with Gasteiger partial charge in [0.25, 0.3) is 10.0 Å². The standard InChI is InChI=1S/C15H18N4O4S2/c1-3-4-14(20)17-15(24)16-11-5-7-12(8-6-11)25(21,22)19-13-9-10(2)23-18-13/h5-9H,3-4H2,1-2H3,(H,18,19)(H2,16,17,20,24). The highest BCUT2D eigenvalue weighted by Crippen LogP contribution is 2.18. The maximum Gasteiger partial charge on any atom is 0.263 e. The van der Waals surface area contributed by atoms with Gasteiger partial charge in [0.1, 0.15) is 5.76 Å². The van der Waals surface area contributed by atoms with Crippen LogP contribution in [0.1, 0.15) is 25.5 Å². The minimum Gasteiger partial charge on any atom is -0.360 e. The van der Waals surface area contributed by atoms with E-state index >= 15 is 0 Å². The summed E-state index contributed by atoms with van der Waals surface area (Å²) >= 11 is 5.03. The van der Waals surface area contributed by atoms with Gasteiger partial charge in [0.2, 0.25) is 5.91 Å². The number of amides is 1. The first-order chi connectivity index (χ1) is 11.8. The number of benzene rings is 1. The number of nitrogens with one attached hydrogen (secondary N) is 3. The van der Waals surface area contributed by atoms with Crippen LogP contribution in [0, 0.1) is 6.92 Å². The molecule has 0 aliphatic rings. The fourth-order valence-corrected chi connectivity index (χ4v) is 3.12. The van der Waals surface area contributed by atoms with Crippen LogP contribution in [0.4, 0.5) is 11.5 Å². The summed E-state index contributed by atoms with van der Waals surface area (Å²) in [6.07, 6.45) is 1.10. The molecule has 0 fully saturated rings. The summed E-state index contributed by atoms with van der Waals surface area (Å²) in [7, 11) is -3.77. The van der Waals surface area contributed by atoms with Crippen molar-refractivity contribution in [3.05, 3.63) is 36.1 Å². The largest absolute Gasteiger partial charge is 0.360 e. The summed E-state index contributed by atoms with van der Waals surface area (Å²) in [6, 6.07) is 7.38. The third-order valence-electron chi connectivity index (χ3n) is 3.02. The second kappa shape index (κ2) is 8.08. The van der Waals surface area contributed by atoms with Gasteiger partial charge in [0.15, 0.2) is 10.9 Å². The Labute approximate surface area is 151 Å². The number of rotatable bonds is 6. The molecule has 0 unspecified atom stereocenters. The maximum atomic E-state index is 12.3. The molecule has 0 saturated heterocycles. The predicted molar refractivity (Wildman–Crippen MR) is 97.8 cm³/mol. The molecule has 2 rings (SSSR count). The molecule has 10 heteroatoms. The maximum absolute atomic E-state index is 12.3. The third-order valence-corrected chi connectivity index (χ3v) is 4.59. The van der Waals surface area contributed by atoms with Gasteiger partial charge in [0.05, 0.1) is 4.90 Å². The molecule has 2 aromatic rings. The van der Waals surface area contributed by atoms with E-state index in [0.29, 0.717) is 17.9 Å². The average molecular weight is 382 g/mol. The zero-order chi connectivity index (χ0) is 18.4. The average Bonchev–Trinajstić information content (AvgIpc) is 2.92. The number of carbonyl (C=O) groups excluding carboxylic acids is 1. The van der Waals surface area contributed by atoms with Crippen LogP contribution >= 0.6 is 12.2 Å².